The highest BCUT2D eigenvalue weighted by atomic mass is 35.5. The molecule has 4 rings (SSSR count). The zero-order valence-corrected chi connectivity index (χ0v) is 17.7. The van der Waals surface area contributed by atoms with Crippen molar-refractivity contribution < 1.29 is 14.8 Å². The summed E-state index contributed by atoms with van der Waals surface area (Å²) >= 11 is 5.89. The summed E-state index contributed by atoms with van der Waals surface area (Å²) in [5, 5.41) is 24.7. The van der Waals surface area contributed by atoms with Gasteiger partial charge in [-0.2, -0.15) is 0 Å². The van der Waals surface area contributed by atoms with Gasteiger partial charge in [0.05, 0.1) is 11.0 Å². The molecule has 2 N–H and O–H groups in total. The van der Waals surface area contributed by atoms with Crippen LogP contribution in [0.25, 0.3) is 0 Å². The van der Waals surface area contributed by atoms with E-state index in [0.717, 1.165) is 31.5 Å². The van der Waals surface area contributed by atoms with E-state index in [-0.39, 0.29) is 22.7 Å². The molecule has 0 aromatic heterocycles. The number of nitro groups is 1. The Hall–Kier alpha value is -2.52. The van der Waals surface area contributed by atoms with Crippen molar-refractivity contribution in [1.29, 1.82) is 0 Å². The number of rotatable bonds is 6. The number of β-amino-alcohol motifs (C(OH)–C–C–N with tert-alkyl or cyclic N) is 1. The molecule has 1 amide bonds. The summed E-state index contributed by atoms with van der Waals surface area (Å²) < 4.78 is 0. The van der Waals surface area contributed by atoms with Gasteiger partial charge in [0.25, 0.3) is 5.69 Å². The van der Waals surface area contributed by atoms with Gasteiger partial charge in [-0.15, -0.1) is 0 Å². The summed E-state index contributed by atoms with van der Waals surface area (Å²) in [7, 11) is 0. The van der Waals surface area contributed by atoms with Crippen LogP contribution in [-0.4, -0.2) is 64.1 Å². The maximum atomic E-state index is 13.3. The molecule has 31 heavy (non-hydrogen) atoms. The third-order valence-electron chi connectivity index (χ3n) is 6.04. The van der Waals surface area contributed by atoms with Crippen LogP contribution < -0.4 is 5.32 Å². The van der Waals surface area contributed by atoms with Crippen LogP contribution in [0, 0.1) is 10.1 Å². The Bertz CT molecular complexity index is 952. The summed E-state index contributed by atoms with van der Waals surface area (Å²) in [4.78, 5) is 28.2. The second-order valence-electron chi connectivity index (χ2n) is 8.06. The van der Waals surface area contributed by atoms with E-state index in [2.05, 4.69) is 10.2 Å². The van der Waals surface area contributed by atoms with Gasteiger partial charge in [0.15, 0.2) is 0 Å². The third kappa shape index (κ3) is 4.72. The van der Waals surface area contributed by atoms with Crippen molar-refractivity contribution in [3.05, 3.63) is 69.2 Å². The van der Waals surface area contributed by atoms with Crippen LogP contribution in [0.5, 0.6) is 0 Å². The first-order valence-corrected chi connectivity index (χ1v) is 10.8. The van der Waals surface area contributed by atoms with Crippen LogP contribution in [0.3, 0.4) is 0 Å². The van der Waals surface area contributed by atoms with Crippen LogP contribution in [0.2, 0.25) is 5.02 Å². The number of carbonyl (C=O) groups excluding carboxylic acids is 1. The number of hydrogen-bond acceptors (Lipinski definition) is 6. The van der Waals surface area contributed by atoms with Crippen LogP contribution in [0.4, 0.5) is 11.4 Å². The predicted octanol–water partition coefficient (Wildman–Crippen LogP) is 3.07. The fourth-order valence-electron chi connectivity index (χ4n) is 4.55. The molecule has 2 saturated heterocycles. The standard InChI is InChI=1S/C22H25ClN4O4/c23-17-9-8-16(12-18(17)27(30)31)24-22(29)21(15-6-2-1-3-7-15)26-13-19(20(28)14-26)25-10-4-5-11-25/h1-3,6-9,12,19-21,28H,4-5,10-11,13-14H2,(H,24,29)/t19-,20-,21+/m1/s1. The minimum absolute atomic E-state index is 0.00173. The Morgan fingerprint density at radius 2 is 1.87 bits per heavy atom. The molecule has 3 atom stereocenters. The normalized spacial score (nSPS) is 23.0. The lowest BCUT2D eigenvalue weighted by molar-refractivity contribution is -0.384. The first kappa shape index (κ1) is 21.7. The van der Waals surface area contributed by atoms with Gasteiger partial charge < -0.3 is 10.4 Å². The molecule has 0 bridgehead atoms. The van der Waals surface area contributed by atoms with E-state index in [9.17, 15) is 20.0 Å². The van der Waals surface area contributed by atoms with Crippen LogP contribution >= 0.6 is 11.6 Å². The fraction of sp³-hybridized carbons (Fsp3) is 0.409. The molecular formula is C22H25ClN4O4. The molecule has 164 valence electrons. The number of hydrogen-bond donors (Lipinski definition) is 2. The van der Waals surface area contributed by atoms with E-state index in [1.54, 1.807) is 6.07 Å². The highest BCUT2D eigenvalue weighted by Crippen LogP contribution is 2.32. The van der Waals surface area contributed by atoms with Gasteiger partial charge >= 0.3 is 0 Å². The van der Waals surface area contributed by atoms with E-state index in [0.29, 0.717) is 18.8 Å². The molecule has 0 unspecified atom stereocenters. The quantitative estimate of drug-likeness (QED) is 0.524. The van der Waals surface area contributed by atoms with Gasteiger partial charge in [-0.3, -0.25) is 24.7 Å². The number of aliphatic hydroxyl groups excluding tert-OH is 1. The molecule has 9 heteroatoms. The number of carbonyl (C=O) groups is 1. The average molecular weight is 445 g/mol. The van der Waals surface area contributed by atoms with Crippen molar-refractivity contribution in [2.45, 2.75) is 31.0 Å². The lowest BCUT2D eigenvalue weighted by Gasteiger charge is -2.29. The average Bonchev–Trinajstić information content (AvgIpc) is 3.40. The van der Waals surface area contributed by atoms with E-state index >= 15 is 0 Å². The molecule has 2 fully saturated rings. The number of amides is 1. The summed E-state index contributed by atoms with van der Waals surface area (Å²) in [6.07, 6.45) is 1.72. The maximum Gasteiger partial charge on any atom is 0.289 e. The van der Waals surface area contributed by atoms with E-state index in [4.69, 9.17) is 11.6 Å². The Morgan fingerprint density at radius 1 is 1.16 bits per heavy atom. The minimum Gasteiger partial charge on any atom is -0.390 e. The van der Waals surface area contributed by atoms with Crippen molar-refractivity contribution in [2.75, 3.05) is 31.5 Å². The SMILES string of the molecule is O=C(Nc1ccc(Cl)c([N+](=O)[O-])c1)[C@H](c1ccccc1)N1C[C@@H](O)[C@H](N2CCCC2)C1. The molecular weight excluding hydrogens is 420 g/mol. The summed E-state index contributed by atoms with van der Waals surface area (Å²) in [5.41, 5.74) is 0.844. The highest BCUT2D eigenvalue weighted by molar-refractivity contribution is 6.32. The Labute approximate surface area is 185 Å². The molecule has 0 radical (unpaired) electrons. The summed E-state index contributed by atoms with van der Waals surface area (Å²) in [6, 6.07) is 12.9. The van der Waals surface area contributed by atoms with Crippen molar-refractivity contribution in [3.8, 4) is 0 Å². The lowest BCUT2D eigenvalue weighted by atomic mass is 10.0. The predicted molar refractivity (Wildman–Crippen MR) is 118 cm³/mol. The largest absolute Gasteiger partial charge is 0.390 e. The van der Waals surface area contributed by atoms with Crippen molar-refractivity contribution in [3.63, 3.8) is 0 Å². The van der Waals surface area contributed by atoms with Gasteiger partial charge in [0, 0.05) is 30.9 Å². The number of halogens is 1. The molecule has 2 aromatic rings. The molecule has 8 nitrogen and oxygen atoms in total. The topological polar surface area (TPSA) is 98.9 Å². The molecule has 0 spiro atoms. The molecule has 0 saturated carbocycles. The maximum absolute atomic E-state index is 13.3. The second-order valence-corrected chi connectivity index (χ2v) is 8.46. The van der Waals surface area contributed by atoms with Gasteiger partial charge in [-0.1, -0.05) is 41.9 Å². The number of anilines is 1. The van der Waals surface area contributed by atoms with Crippen molar-refractivity contribution in [1.82, 2.24) is 9.80 Å². The number of aliphatic hydroxyl groups is 1. The zero-order valence-electron chi connectivity index (χ0n) is 17.0. The van der Waals surface area contributed by atoms with Gasteiger partial charge in [-0.05, 0) is 43.6 Å². The zero-order chi connectivity index (χ0) is 22.0. The van der Waals surface area contributed by atoms with E-state index < -0.39 is 17.1 Å². The van der Waals surface area contributed by atoms with Crippen molar-refractivity contribution >= 4 is 28.9 Å². The Balaban J connectivity index is 1.58. The number of nitro benzene ring substituents is 1. The number of benzene rings is 2. The van der Waals surface area contributed by atoms with Gasteiger partial charge in [-0.25, -0.2) is 0 Å². The van der Waals surface area contributed by atoms with E-state index in [1.807, 2.05) is 35.2 Å². The lowest BCUT2D eigenvalue weighted by Crippen LogP contribution is -2.42. The second kappa shape index (κ2) is 9.32. The molecule has 2 heterocycles. The smallest absolute Gasteiger partial charge is 0.289 e. The fourth-order valence-corrected chi connectivity index (χ4v) is 4.73. The summed E-state index contributed by atoms with van der Waals surface area (Å²) in [5.74, 6) is -0.308. The summed E-state index contributed by atoms with van der Waals surface area (Å²) in [6.45, 7) is 2.89. The van der Waals surface area contributed by atoms with Crippen LogP contribution in [-0.2, 0) is 4.79 Å². The first-order valence-electron chi connectivity index (χ1n) is 10.4. The van der Waals surface area contributed by atoms with Gasteiger partial charge in [0.1, 0.15) is 11.1 Å². The Morgan fingerprint density at radius 3 is 2.55 bits per heavy atom. The monoisotopic (exact) mass is 444 g/mol. The van der Waals surface area contributed by atoms with Crippen LogP contribution in [0.1, 0.15) is 24.4 Å². The Kier molecular flexibility index (Phi) is 6.52. The number of likely N-dealkylation sites (tertiary alicyclic amines) is 2. The van der Waals surface area contributed by atoms with Crippen molar-refractivity contribution in [2.24, 2.45) is 0 Å². The van der Waals surface area contributed by atoms with Crippen LogP contribution in [0.15, 0.2) is 48.5 Å². The minimum atomic E-state index is -0.627. The number of nitrogens with one attached hydrogen (secondary N) is 1. The third-order valence-corrected chi connectivity index (χ3v) is 6.36. The highest BCUT2D eigenvalue weighted by Gasteiger charge is 2.41. The number of nitrogens with zero attached hydrogens (tertiary/aromatic N) is 3. The van der Waals surface area contributed by atoms with Gasteiger partial charge in [0.2, 0.25) is 5.91 Å². The molecule has 2 aliphatic rings. The molecule has 2 aromatic carbocycles. The first-order chi connectivity index (χ1) is 14.9. The molecule has 0 aliphatic carbocycles. The van der Waals surface area contributed by atoms with E-state index in [1.165, 1.54) is 12.1 Å². The molecule has 2 aliphatic heterocycles.